The lowest BCUT2D eigenvalue weighted by Gasteiger charge is -2.32. The van der Waals surface area contributed by atoms with E-state index in [-0.39, 0.29) is 5.88 Å². The van der Waals surface area contributed by atoms with Crippen LogP contribution in [0, 0.1) is 0 Å². The highest BCUT2D eigenvalue weighted by atomic mass is 32.2. The lowest BCUT2D eigenvalue weighted by atomic mass is 9.93. The standard InChI is InChI=1S/C22H31N5OS/c1-2-13-29-21-6-5-17(15-23-21)16-26-11-7-18(8-12-26)19-14-20(28)25-22(24-19)27-9-3-4-10-27/h5-6,14-15,18H,2-4,7-13,16H2,1H3,(H,24,25,28). The molecule has 6 nitrogen and oxygen atoms in total. The van der Waals surface area contributed by atoms with Crippen molar-refractivity contribution in [3.05, 3.63) is 35.7 Å². The molecule has 2 aromatic rings. The zero-order chi connectivity index (χ0) is 20.1. The second-order valence-corrected chi connectivity index (χ2v) is 9.16. The van der Waals surface area contributed by atoms with Crippen molar-refractivity contribution in [3.63, 3.8) is 0 Å². The van der Waals surface area contributed by atoms with E-state index in [9.17, 15) is 5.11 Å². The summed E-state index contributed by atoms with van der Waals surface area (Å²) in [6, 6.07) is 6.12. The number of hydrogen-bond donors (Lipinski definition) is 1. The van der Waals surface area contributed by atoms with Crippen LogP contribution in [0.25, 0.3) is 0 Å². The van der Waals surface area contributed by atoms with Crippen LogP contribution in [0.5, 0.6) is 5.88 Å². The Bertz CT molecular complexity index is 786. The van der Waals surface area contributed by atoms with Crippen molar-refractivity contribution in [3.8, 4) is 5.88 Å². The van der Waals surface area contributed by atoms with E-state index in [2.05, 4.69) is 38.8 Å². The van der Waals surface area contributed by atoms with E-state index in [4.69, 9.17) is 4.98 Å². The Labute approximate surface area is 177 Å². The quantitative estimate of drug-likeness (QED) is 0.687. The molecule has 7 heteroatoms. The van der Waals surface area contributed by atoms with Gasteiger partial charge in [0.15, 0.2) is 0 Å². The normalized spacial score (nSPS) is 18.4. The van der Waals surface area contributed by atoms with Gasteiger partial charge in [0, 0.05) is 37.8 Å². The summed E-state index contributed by atoms with van der Waals surface area (Å²) < 4.78 is 0. The molecule has 2 aromatic heterocycles. The van der Waals surface area contributed by atoms with Gasteiger partial charge in [-0.1, -0.05) is 13.0 Å². The molecule has 29 heavy (non-hydrogen) atoms. The maximum Gasteiger partial charge on any atom is 0.228 e. The van der Waals surface area contributed by atoms with Gasteiger partial charge in [0.25, 0.3) is 0 Å². The highest BCUT2D eigenvalue weighted by Crippen LogP contribution is 2.30. The topological polar surface area (TPSA) is 65.4 Å². The molecule has 2 aliphatic heterocycles. The first-order valence-corrected chi connectivity index (χ1v) is 11.8. The van der Waals surface area contributed by atoms with Crippen LogP contribution in [0.3, 0.4) is 0 Å². The fraction of sp³-hybridized carbons (Fsp3) is 0.591. The van der Waals surface area contributed by atoms with Crippen LogP contribution in [0.15, 0.2) is 29.4 Å². The summed E-state index contributed by atoms with van der Waals surface area (Å²) >= 11 is 1.82. The summed E-state index contributed by atoms with van der Waals surface area (Å²) in [7, 11) is 0. The Morgan fingerprint density at radius 1 is 1.10 bits per heavy atom. The molecule has 0 aliphatic carbocycles. The van der Waals surface area contributed by atoms with Crippen LogP contribution in [0.4, 0.5) is 5.95 Å². The van der Waals surface area contributed by atoms with E-state index in [1.807, 2.05) is 18.0 Å². The number of pyridine rings is 1. The van der Waals surface area contributed by atoms with Crippen molar-refractivity contribution < 1.29 is 5.11 Å². The molecule has 2 fully saturated rings. The van der Waals surface area contributed by atoms with E-state index in [0.717, 1.165) is 62.0 Å². The highest BCUT2D eigenvalue weighted by molar-refractivity contribution is 7.99. The molecule has 0 atom stereocenters. The molecule has 0 aromatic carbocycles. The molecule has 4 rings (SSSR count). The molecule has 156 valence electrons. The Kier molecular flexibility index (Phi) is 6.87. The molecular weight excluding hydrogens is 382 g/mol. The van der Waals surface area contributed by atoms with Gasteiger partial charge < -0.3 is 10.0 Å². The summed E-state index contributed by atoms with van der Waals surface area (Å²) in [4.78, 5) is 18.3. The average molecular weight is 414 g/mol. The minimum atomic E-state index is 0.103. The summed E-state index contributed by atoms with van der Waals surface area (Å²) in [6.07, 6.45) is 7.68. The molecule has 4 heterocycles. The van der Waals surface area contributed by atoms with Crippen molar-refractivity contribution >= 4 is 17.7 Å². The smallest absolute Gasteiger partial charge is 0.228 e. The molecule has 0 spiro atoms. The molecule has 2 aliphatic rings. The molecule has 0 saturated carbocycles. The van der Waals surface area contributed by atoms with E-state index < -0.39 is 0 Å². The molecule has 0 radical (unpaired) electrons. The minimum absolute atomic E-state index is 0.103. The van der Waals surface area contributed by atoms with Crippen molar-refractivity contribution in [2.24, 2.45) is 0 Å². The Balaban J connectivity index is 1.32. The van der Waals surface area contributed by atoms with Gasteiger partial charge >= 0.3 is 0 Å². The van der Waals surface area contributed by atoms with Crippen molar-refractivity contribution in [1.82, 2.24) is 19.9 Å². The third-order valence-corrected chi connectivity index (χ3v) is 6.92. The van der Waals surface area contributed by atoms with Gasteiger partial charge in [0.2, 0.25) is 11.8 Å². The second kappa shape index (κ2) is 9.76. The average Bonchev–Trinajstić information content (AvgIpc) is 3.28. The summed E-state index contributed by atoms with van der Waals surface area (Å²) in [5.41, 5.74) is 2.28. The predicted molar refractivity (Wildman–Crippen MR) is 118 cm³/mol. The fourth-order valence-corrected chi connectivity index (χ4v) is 4.85. The zero-order valence-corrected chi connectivity index (χ0v) is 18.1. The minimum Gasteiger partial charge on any atom is -0.493 e. The number of aromatic hydroxyl groups is 1. The molecule has 1 N–H and O–H groups in total. The third-order valence-electron chi connectivity index (χ3n) is 5.77. The first-order valence-electron chi connectivity index (χ1n) is 10.8. The van der Waals surface area contributed by atoms with Gasteiger partial charge in [0.05, 0.1) is 10.7 Å². The van der Waals surface area contributed by atoms with Crippen molar-refractivity contribution in [2.75, 3.05) is 36.8 Å². The van der Waals surface area contributed by atoms with Crippen molar-refractivity contribution in [1.29, 1.82) is 0 Å². The molecular formula is C22H31N5OS. The van der Waals surface area contributed by atoms with Gasteiger partial charge in [0.1, 0.15) is 0 Å². The number of nitrogens with zero attached hydrogens (tertiary/aromatic N) is 5. The fourth-order valence-electron chi connectivity index (χ4n) is 4.15. The lowest BCUT2D eigenvalue weighted by Crippen LogP contribution is -2.33. The number of piperidine rings is 1. The van der Waals surface area contributed by atoms with E-state index in [1.165, 1.54) is 24.8 Å². The van der Waals surface area contributed by atoms with Crippen LogP contribution >= 0.6 is 11.8 Å². The number of likely N-dealkylation sites (tertiary alicyclic amines) is 1. The van der Waals surface area contributed by atoms with Crippen molar-refractivity contribution in [2.45, 2.75) is 56.5 Å². The predicted octanol–water partition coefficient (Wildman–Crippen LogP) is 4.06. The molecule has 0 amide bonds. The third kappa shape index (κ3) is 5.39. The van der Waals surface area contributed by atoms with Gasteiger partial charge in [-0.2, -0.15) is 4.98 Å². The molecule has 0 bridgehead atoms. The first kappa shape index (κ1) is 20.4. The van der Waals surface area contributed by atoms with E-state index >= 15 is 0 Å². The highest BCUT2D eigenvalue weighted by Gasteiger charge is 2.24. The number of aromatic nitrogens is 3. The van der Waals surface area contributed by atoms with Gasteiger partial charge in [-0.3, -0.25) is 4.90 Å². The monoisotopic (exact) mass is 413 g/mol. The van der Waals surface area contributed by atoms with E-state index in [1.54, 1.807) is 6.07 Å². The first-order chi connectivity index (χ1) is 14.2. The summed E-state index contributed by atoms with van der Waals surface area (Å²) in [5.74, 6) is 2.32. The van der Waals surface area contributed by atoms with Gasteiger partial charge in [-0.25, -0.2) is 9.97 Å². The maximum absolute atomic E-state index is 10.1. The molecule has 0 unspecified atom stereocenters. The Morgan fingerprint density at radius 2 is 1.90 bits per heavy atom. The SMILES string of the molecule is CCCSc1ccc(CN2CCC(c3cc(O)nc(N4CCCC4)n3)CC2)cn1. The van der Waals surface area contributed by atoms with Crippen LogP contribution in [0.2, 0.25) is 0 Å². The number of rotatable bonds is 7. The Morgan fingerprint density at radius 3 is 2.59 bits per heavy atom. The largest absolute Gasteiger partial charge is 0.493 e. The van der Waals surface area contributed by atoms with Crippen LogP contribution in [0.1, 0.15) is 56.2 Å². The van der Waals surface area contributed by atoms with Crippen LogP contribution < -0.4 is 4.90 Å². The second-order valence-electron chi connectivity index (χ2n) is 8.05. The van der Waals surface area contributed by atoms with Crippen LogP contribution in [-0.4, -0.2) is 56.9 Å². The summed E-state index contributed by atoms with van der Waals surface area (Å²) in [6.45, 7) is 7.21. The van der Waals surface area contributed by atoms with Gasteiger partial charge in [-0.15, -0.1) is 11.8 Å². The summed E-state index contributed by atoms with van der Waals surface area (Å²) in [5, 5.41) is 11.2. The van der Waals surface area contributed by atoms with Crippen LogP contribution in [-0.2, 0) is 6.54 Å². The molecule has 2 saturated heterocycles. The number of thioether (sulfide) groups is 1. The Hall–Kier alpha value is -1.86. The number of anilines is 1. The maximum atomic E-state index is 10.1. The van der Waals surface area contributed by atoms with E-state index in [0.29, 0.717) is 11.9 Å². The van der Waals surface area contributed by atoms with Gasteiger partial charge in [-0.05, 0) is 62.6 Å². The zero-order valence-electron chi connectivity index (χ0n) is 17.3. The number of hydrogen-bond acceptors (Lipinski definition) is 7. The lowest BCUT2D eigenvalue weighted by molar-refractivity contribution is 0.203.